The van der Waals surface area contributed by atoms with Crippen LogP contribution in [0.1, 0.15) is 26.7 Å². The highest BCUT2D eigenvalue weighted by Gasteiger charge is 2.42. The van der Waals surface area contributed by atoms with Crippen LogP contribution < -0.4 is 10.6 Å². The van der Waals surface area contributed by atoms with E-state index < -0.39 is 24.9 Å². The molecular weight excluding hydrogens is 290 g/mol. The summed E-state index contributed by atoms with van der Waals surface area (Å²) in [4.78, 5) is 11.8. The molecule has 2 aliphatic heterocycles. The molecule has 0 aromatic carbocycles. The minimum absolute atomic E-state index is 0. The molecule has 0 spiro atoms. The van der Waals surface area contributed by atoms with Gasteiger partial charge in [-0.05, 0) is 12.3 Å². The van der Waals surface area contributed by atoms with Crippen LogP contribution in [-0.4, -0.2) is 43.7 Å². The molecule has 1 amide bonds. The van der Waals surface area contributed by atoms with Gasteiger partial charge in [-0.3, -0.25) is 10.1 Å². The van der Waals surface area contributed by atoms with Crippen LogP contribution in [0.2, 0.25) is 0 Å². The van der Waals surface area contributed by atoms with Crippen molar-refractivity contribution >= 4 is 18.3 Å². The number of carbonyl (C=O) groups is 1. The Morgan fingerprint density at radius 1 is 1.50 bits per heavy atom. The average Bonchev–Trinajstić information content (AvgIpc) is 2.92. The normalized spacial score (nSPS) is 32.1. The molecule has 4 nitrogen and oxygen atoms in total. The van der Waals surface area contributed by atoms with E-state index in [9.17, 15) is 13.6 Å². The summed E-state index contributed by atoms with van der Waals surface area (Å²) in [6, 6.07) is -0.769. The zero-order chi connectivity index (χ0) is 14.0. The average molecular weight is 313 g/mol. The highest BCUT2D eigenvalue weighted by molar-refractivity contribution is 5.85. The molecule has 2 saturated heterocycles. The summed E-state index contributed by atoms with van der Waals surface area (Å²) in [5, 5.41) is 5.34. The molecule has 0 bridgehead atoms. The van der Waals surface area contributed by atoms with Crippen LogP contribution in [-0.2, 0) is 9.53 Å². The Hall–Kier alpha value is -0.460. The smallest absolute Gasteiger partial charge is 0.262 e. The van der Waals surface area contributed by atoms with Crippen molar-refractivity contribution in [1.29, 1.82) is 0 Å². The van der Waals surface area contributed by atoms with E-state index in [0.29, 0.717) is 19.1 Å². The van der Waals surface area contributed by atoms with Crippen molar-refractivity contribution in [2.24, 2.45) is 11.8 Å². The summed E-state index contributed by atoms with van der Waals surface area (Å²) in [6.07, 6.45) is 0.656. The first kappa shape index (κ1) is 17.6. The quantitative estimate of drug-likeness (QED) is 0.829. The molecular formula is C13H23ClF2N2O2. The molecule has 2 aliphatic rings. The molecule has 118 valence electrons. The molecule has 2 rings (SSSR count). The van der Waals surface area contributed by atoms with Crippen molar-refractivity contribution in [3.8, 4) is 0 Å². The SMILES string of the molecule is CC(C)C1OCCC1CNC(=O)C1CC(F)(F)CN1.Cl. The Morgan fingerprint density at radius 2 is 2.20 bits per heavy atom. The summed E-state index contributed by atoms with van der Waals surface area (Å²) < 4.78 is 31.6. The number of nitrogens with one attached hydrogen (secondary N) is 2. The Labute approximate surface area is 124 Å². The van der Waals surface area contributed by atoms with E-state index in [1.165, 1.54) is 0 Å². The molecule has 0 aromatic rings. The first-order valence-corrected chi connectivity index (χ1v) is 6.89. The van der Waals surface area contributed by atoms with Gasteiger partial charge in [0.2, 0.25) is 5.91 Å². The first-order chi connectivity index (χ1) is 8.89. The van der Waals surface area contributed by atoms with Gasteiger partial charge >= 0.3 is 0 Å². The van der Waals surface area contributed by atoms with Crippen LogP contribution in [0.25, 0.3) is 0 Å². The zero-order valence-corrected chi connectivity index (χ0v) is 12.6. The minimum Gasteiger partial charge on any atom is -0.378 e. The maximum Gasteiger partial charge on any atom is 0.262 e. The molecule has 2 N–H and O–H groups in total. The lowest BCUT2D eigenvalue weighted by molar-refractivity contribution is -0.123. The maximum atomic E-state index is 13.0. The van der Waals surface area contributed by atoms with E-state index in [4.69, 9.17) is 4.74 Å². The Balaban J connectivity index is 0.00000200. The van der Waals surface area contributed by atoms with E-state index in [0.717, 1.165) is 6.42 Å². The van der Waals surface area contributed by atoms with Crippen molar-refractivity contribution in [1.82, 2.24) is 10.6 Å². The van der Waals surface area contributed by atoms with Gasteiger partial charge in [0.25, 0.3) is 5.92 Å². The predicted octanol–water partition coefficient (Wildman–Crippen LogP) is 1.58. The molecule has 3 atom stereocenters. The monoisotopic (exact) mass is 312 g/mol. The van der Waals surface area contributed by atoms with Gasteiger partial charge in [-0.15, -0.1) is 12.4 Å². The van der Waals surface area contributed by atoms with Crippen LogP contribution in [0.15, 0.2) is 0 Å². The lowest BCUT2D eigenvalue weighted by Crippen LogP contribution is -2.43. The predicted molar refractivity (Wildman–Crippen MR) is 74.3 cm³/mol. The van der Waals surface area contributed by atoms with Crippen molar-refractivity contribution in [2.45, 2.75) is 44.8 Å². The van der Waals surface area contributed by atoms with Gasteiger partial charge in [0, 0.05) is 25.5 Å². The summed E-state index contributed by atoms with van der Waals surface area (Å²) in [6.45, 7) is 4.98. The van der Waals surface area contributed by atoms with Gasteiger partial charge in [-0.2, -0.15) is 0 Å². The van der Waals surface area contributed by atoms with E-state index in [1.54, 1.807) is 0 Å². The number of carbonyl (C=O) groups excluding carboxylic acids is 1. The third-order valence-corrected chi connectivity index (χ3v) is 3.89. The lowest BCUT2D eigenvalue weighted by atomic mass is 9.93. The molecule has 0 aliphatic carbocycles. The number of hydrogen-bond donors (Lipinski definition) is 2. The molecule has 0 radical (unpaired) electrons. The van der Waals surface area contributed by atoms with Crippen LogP contribution in [0, 0.1) is 11.8 Å². The zero-order valence-electron chi connectivity index (χ0n) is 11.8. The van der Waals surface area contributed by atoms with Gasteiger partial charge in [-0.25, -0.2) is 8.78 Å². The van der Waals surface area contributed by atoms with E-state index in [2.05, 4.69) is 24.5 Å². The van der Waals surface area contributed by atoms with Gasteiger partial charge in [-0.1, -0.05) is 13.8 Å². The number of alkyl halides is 2. The molecule has 0 aromatic heterocycles. The van der Waals surface area contributed by atoms with Gasteiger partial charge in [0.15, 0.2) is 0 Å². The van der Waals surface area contributed by atoms with Gasteiger partial charge in [0.1, 0.15) is 0 Å². The largest absolute Gasteiger partial charge is 0.378 e. The fourth-order valence-corrected chi connectivity index (χ4v) is 2.87. The summed E-state index contributed by atoms with van der Waals surface area (Å²) in [5.41, 5.74) is 0. The maximum absolute atomic E-state index is 13.0. The Kier molecular flexibility index (Phi) is 6.16. The summed E-state index contributed by atoms with van der Waals surface area (Å²) >= 11 is 0. The highest BCUT2D eigenvalue weighted by atomic mass is 35.5. The number of halogens is 3. The molecule has 0 saturated carbocycles. The van der Waals surface area contributed by atoms with Crippen LogP contribution in [0.5, 0.6) is 0 Å². The standard InChI is InChI=1S/C13H22F2N2O2.ClH/c1-8(2)11-9(3-4-19-11)6-16-12(18)10-5-13(14,15)7-17-10;/h8-11,17H,3-7H2,1-2H3,(H,16,18);1H. The second kappa shape index (κ2) is 7.00. The summed E-state index contributed by atoms with van der Waals surface area (Å²) in [5.74, 6) is -2.41. The van der Waals surface area contributed by atoms with Crippen LogP contribution in [0.3, 0.4) is 0 Å². The van der Waals surface area contributed by atoms with E-state index >= 15 is 0 Å². The fourth-order valence-electron chi connectivity index (χ4n) is 2.87. The molecule has 2 heterocycles. The third-order valence-electron chi connectivity index (χ3n) is 3.89. The van der Waals surface area contributed by atoms with Crippen molar-refractivity contribution in [2.75, 3.05) is 19.7 Å². The second-order valence-corrected chi connectivity index (χ2v) is 5.87. The Bertz CT molecular complexity index is 342. The van der Waals surface area contributed by atoms with Crippen molar-refractivity contribution in [3.63, 3.8) is 0 Å². The summed E-state index contributed by atoms with van der Waals surface area (Å²) in [7, 11) is 0. The number of amides is 1. The second-order valence-electron chi connectivity index (χ2n) is 5.87. The topological polar surface area (TPSA) is 50.4 Å². The van der Waals surface area contributed by atoms with E-state index in [1.807, 2.05) is 0 Å². The molecule has 20 heavy (non-hydrogen) atoms. The number of ether oxygens (including phenoxy) is 1. The molecule has 7 heteroatoms. The highest BCUT2D eigenvalue weighted by Crippen LogP contribution is 2.27. The minimum atomic E-state index is -2.76. The van der Waals surface area contributed by atoms with E-state index in [-0.39, 0.29) is 30.3 Å². The lowest BCUT2D eigenvalue weighted by Gasteiger charge is -2.22. The molecule has 3 unspecified atom stereocenters. The molecule has 2 fully saturated rings. The van der Waals surface area contributed by atoms with Gasteiger partial charge in [0.05, 0.1) is 18.7 Å². The fraction of sp³-hybridized carbons (Fsp3) is 0.923. The number of rotatable bonds is 4. The van der Waals surface area contributed by atoms with Crippen LogP contribution >= 0.6 is 12.4 Å². The Morgan fingerprint density at radius 3 is 2.75 bits per heavy atom. The van der Waals surface area contributed by atoms with Crippen molar-refractivity contribution in [3.05, 3.63) is 0 Å². The number of hydrogen-bond acceptors (Lipinski definition) is 3. The first-order valence-electron chi connectivity index (χ1n) is 6.89. The van der Waals surface area contributed by atoms with Gasteiger partial charge < -0.3 is 10.1 Å². The van der Waals surface area contributed by atoms with Crippen LogP contribution in [0.4, 0.5) is 8.78 Å². The third kappa shape index (κ3) is 4.27. The van der Waals surface area contributed by atoms with Crippen molar-refractivity contribution < 1.29 is 18.3 Å².